The van der Waals surface area contributed by atoms with Gasteiger partial charge < -0.3 is 9.84 Å². The van der Waals surface area contributed by atoms with Crippen molar-refractivity contribution >= 4 is 29.4 Å². The Morgan fingerprint density at radius 3 is 2.41 bits per heavy atom. The summed E-state index contributed by atoms with van der Waals surface area (Å²) >= 11 is 6.01. The highest BCUT2D eigenvalue weighted by Crippen LogP contribution is 2.17. The fourth-order valence-corrected chi connectivity index (χ4v) is 1.93. The van der Waals surface area contributed by atoms with E-state index in [0.29, 0.717) is 16.3 Å². The molecule has 0 fully saturated rings. The number of carbonyl (C=O) groups excluding carboxylic acids is 1. The van der Waals surface area contributed by atoms with Gasteiger partial charge in [-0.15, -0.1) is 0 Å². The molecular weight excluding hydrogens is 304 g/mol. The molecule has 2 rings (SSSR count). The molecule has 0 aliphatic carbocycles. The van der Waals surface area contributed by atoms with Crippen LogP contribution in [0.4, 0.5) is 0 Å². The average molecular weight is 317 g/mol. The van der Waals surface area contributed by atoms with Crippen LogP contribution in [0.2, 0.25) is 5.02 Å². The number of carboxylic acids is 1. The smallest absolute Gasteiger partial charge is 0.341 e. The number of ether oxygens (including phenoxy) is 1. The second-order valence-electron chi connectivity index (χ2n) is 4.43. The molecule has 1 N–H and O–H groups in total. The predicted octanol–water partition coefficient (Wildman–Crippen LogP) is 3.70. The van der Waals surface area contributed by atoms with Gasteiger partial charge in [-0.05, 0) is 48.0 Å². The topological polar surface area (TPSA) is 63.6 Å². The number of hydrogen-bond acceptors (Lipinski definition) is 3. The molecule has 5 heteroatoms. The predicted molar refractivity (Wildman–Crippen MR) is 84.4 cm³/mol. The van der Waals surface area contributed by atoms with Crippen LogP contribution in [0.3, 0.4) is 0 Å². The van der Waals surface area contributed by atoms with Crippen LogP contribution in [-0.4, -0.2) is 23.5 Å². The first-order valence-electron chi connectivity index (χ1n) is 6.48. The van der Waals surface area contributed by atoms with E-state index >= 15 is 0 Å². The van der Waals surface area contributed by atoms with E-state index < -0.39 is 12.6 Å². The lowest BCUT2D eigenvalue weighted by Gasteiger charge is -2.03. The Bertz CT molecular complexity index is 705. The van der Waals surface area contributed by atoms with Crippen molar-refractivity contribution < 1.29 is 19.4 Å². The average Bonchev–Trinajstić information content (AvgIpc) is 2.52. The number of carbonyl (C=O) groups is 2. The lowest BCUT2D eigenvalue weighted by atomic mass is 10.1. The summed E-state index contributed by atoms with van der Waals surface area (Å²) < 4.78 is 5.00. The van der Waals surface area contributed by atoms with E-state index in [9.17, 15) is 9.59 Å². The van der Waals surface area contributed by atoms with Crippen LogP contribution in [0.15, 0.2) is 54.6 Å². The highest BCUT2D eigenvalue weighted by molar-refractivity contribution is 6.32. The Hall–Kier alpha value is -2.59. The molecule has 0 atom stereocenters. The highest BCUT2D eigenvalue weighted by atomic mass is 35.5. The summed E-state index contributed by atoms with van der Waals surface area (Å²) in [6.45, 7) is -0.417. The SMILES string of the molecule is O=C(O)COc1ccc(C(=O)/C=C/c2ccccc2Cl)cc1. The number of halogens is 1. The summed E-state index contributed by atoms with van der Waals surface area (Å²) in [6.07, 6.45) is 3.09. The Labute approximate surface area is 132 Å². The van der Waals surface area contributed by atoms with Gasteiger partial charge in [-0.25, -0.2) is 4.79 Å². The number of aliphatic carboxylic acids is 1. The minimum absolute atomic E-state index is 0.176. The lowest BCUT2D eigenvalue weighted by molar-refractivity contribution is -0.139. The van der Waals surface area contributed by atoms with Crippen LogP contribution in [0.5, 0.6) is 5.75 Å². The molecule has 0 aliphatic rings. The summed E-state index contributed by atoms with van der Waals surface area (Å²) in [6, 6.07) is 13.5. The van der Waals surface area contributed by atoms with E-state index in [1.807, 2.05) is 18.2 Å². The summed E-state index contributed by atoms with van der Waals surface area (Å²) in [4.78, 5) is 22.4. The Kier molecular flexibility index (Phi) is 5.33. The van der Waals surface area contributed by atoms with Crippen molar-refractivity contribution in [3.8, 4) is 5.75 Å². The van der Waals surface area contributed by atoms with Gasteiger partial charge in [-0.1, -0.05) is 29.8 Å². The molecule has 2 aromatic carbocycles. The minimum Gasteiger partial charge on any atom is -0.482 e. The monoisotopic (exact) mass is 316 g/mol. The van der Waals surface area contributed by atoms with E-state index in [2.05, 4.69) is 0 Å². The van der Waals surface area contributed by atoms with Crippen molar-refractivity contribution in [2.45, 2.75) is 0 Å². The van der Waals surface area contributed by atoms with Crippen LogP contribution < -0.4 is 4.74 Å². The minimum atomic E-state index is -1.05. The van der Waals surface area contributed by atoms with Crippen molar-refractivity contribution in [3.05, 3.63) is 70.8 Å². The van der Waals surface area contributed by atoms with Gasteiger partial charge >= 0.3 is 5.97 Å². The molecule has 2 aromatic rings. The first kappa shape index (κ1) is 15.8. The van der Waals surface area contributed by atoms with Gasteiger partial charge in [0.25, 0.3) is 0 Å². The van der Waals surface area contributed by atoms with Gasteiger partial charge in [0.05, 0.1) is 0 Å². The van der Waals surface area contributed by atoms with Gasteiger partial charge in [0.1, 0.15) is 5.75 Å². The van der Waals surface area contributed by atoms with Crippen molar-refractivity contribution in [1.29, 1.82) is 0 Å². The van der Waals surface area contributed by atoms with E-state index in [-0.39, 0.29) is 5.78 Å². The molecule has 112 valence electrons. The molecule has 0 bridgehead atoms. The molecule has 0 saturated heterocycles. The standard InChI is InChI=1S/C17H13ClO4/c18-15-4-2-1-3-12(15)7-10-16(19)13-5-8-14(9-6-13)22-11-17(20)21/h1-10H,11H2,(H,20,21)/b10-7+. The zero-order chi connectivity index (χ0) is 15.9. The molecule has 4 nitrogen and oxygen atoms in total. The molecule has 22 heavy (non-hydrogen) atoms. The van der Waals surface area contributed by atoms with Gasteiger partial charge in [-0.3, -0.25) is 4.79 Å². The summed E-state index contributed by atoms with van der Waals surface area (Å²) in [5.74, 6) is -0.832. The van der Waals surface area contributed by atoms with Gasteiger partial charge in [0.15, 0.2) is 12.4 Å². The summed E-state index contributed by atoms with van der Waals surface area (Å²) in [5.41, 5.74) is 1.24. The molecule has 0 saturated carbocycles. The molecule has 0 spiro atoms. The number of hydrogen-bond donors (Lipinski definition) is 1. The van der Waals surface area contributed by atoms with Crippen molar-refractivity contribution in [2.75, 3.05) is 6.61 Å². The van der Waals surface area contributed by atoms with Crippen LogP contribution in [0, 0.1) is 0 Å². The van der Waals surface area contributed by atoms with Crippen molar-refractivity contribution in [3.63, 3.8) is 0 Å². The lowest BCUT2D eigenvalue weighted by Crippen LogP contribution is -2.09. The van der Waals surface area contributed by atoms with Gasteiger partial charge in [0, 0.05) is 10.6 Å². The van der Waals surface area contributed by atoms with Gasteiger partial charge in [0.2, 0.25) is 0 Å². The summed E-state index contributed by atoms with van der Waals surface area (Å²) in [5, 5.41) is 9.09. The van der Waals surface area contributed by atoms with Crippen LogP contribution in [-0.2, 0) is 4.79 Å². The normalized spacial score (nSPS) is 10.6. The maximum absolute atomic E-state index is 12.0. The zero-order valence-electron chi connectivity index (χ0n) is 11.5. The molecule has 0 aliphatic heterocycles. The maximum Gasteiger partial charge on any atom is 0.341 e. The van der Waals surface area contributed by atoms with E-state index in [4.69, 9.17) is 21.4 Å². The quantitative estimate of drug-likeness (QED) is 0.652. The number of allylic oxidation sites excluding steroid dienone is 1. The summed E-state index contributed by atoms with van der Waals surface area (Å²) in [7, 11) is 0. The van der Waals surface area contributed by atoms with E-state index in [1.165, 1.54) is 6.08 Å². The largest absolute Gasteiger partial charge is 0.482 e. The zero-order valence-corrected chi connectivity index (χ0v) is 12.3. The molecule has 0 amide bonds. The van der Waals surface area contributed by atoms with Crippen LogP contribution in [0.1, 0.15) is 15.9 Å². The molecule has 0 unspecified atom stereocenters. The van der Waals surface area contributed by atoms with E-state index in [1.54, 1.807) is 36.4 Å². The van der Waals surface area contributed by atoms with Gasteiger partial charge in [-0.2, -0.15) is 0 Å². The highest BCUT2D eigenvalue weighted by Gasteiger charge is 2.04. The van der Waals surface area contributed by atoms with Crippen molar-refractivity contribution in [2.24, 2.45) is 0 Å². The fourth-order valence-electron chi connectivity index (χ4n) is 1.73. The van der Waals surface area contributed by atoms with Crippen LogP contribution in [0.25, 0.3) is 6.08 Å². The second kappa shape index (κ2) is 7.43. The molecular formula is C17H13ClO4. The first-order chi connectivity index (χ1) is 10.6. The number of carboxylic acid groups (broad SMARTS) is 1. The third-order valence-electron chi connectivity index (χ3n) is 2.82. The number of ketones is 1. The van der Waals surface area contributed by atoms with Crippen LogP contribution >= 0.6 is 11.6 Å². The first-order valence-corrected chi connectivity index (χ1v) is 6.85. The molecule has 0 radical (unpaired) electrons. The third-order valence-corrected chi connectivity index (χ3v) is 3.16. The maximum atomic E-state index is 12.0. The molecule has 0 heterocycles. The van der Waals surface area contributed by atoms with E-state index in [0.717, 1.165) is 5.56 Å². The second-order valence-corrected chi connectivity index (χ2v) is 4.83. The molecule has 0 aromatic heterocycles. The Morgan fingerprint density at radius 2 is 1.77 bits per heavy atom. The van der Waals surface area contributed by atoms with Crippen molar-refractivity contribution in [1.82, 2.24) is 0 Å². The fraction of sp³-hybridized carbons (Fsp3) is 0.0588. The third kappa shape index (κ3) is 4.46. The Morgan fingerprint density at radius 1 is 1.09 bits per heavy atom. The number of benzene rings is 2. The number of rotatable bonds is 6. The Balaban J connectivity index is 2.04.